The van der Waals surface area contributed by atoms with Gasteiger partial charge in [-0.1, -0.05) is 12.8 Å². The minimum absolute atomic E-state index is 0.120. The number of hydrogen-bond acceptors (Lipinski definition) is 4. The second-order valence-corrected chi connectivity index (χ2v) is 9.44. The van der Waals surface area contributed by atoms with Crippen molar-refractivity contribution in [3.63, 3.8) is 0 Å². The first kappa shape index (κ1) is 19.2. The van der Waals surface area contributed by atoms with Gasteiger partial charge in [0.25, 0.3) is 5.91 Å². The van der Waals surface area contributed by atoms with Crippen LogP contribution < -0.4 is 9.47 Å². The van der Waals surface area contributed by atoms with Crippen LogP contribution in [-0.2, 0) is 0 Å². The predicted molar refractivity (Wildman–Crippen MR) is 113 cm³/mol. The number of amides is 1. The fourth-order valence-electron chi connectivity index (χ4n) is 6.04. The molecule has 2 saturated heterocycles. The molecule has 2 aliphatic heterocycles. The van der Waals surface area contributed by atoms with Gasteiger partial charge in [0, 0.05) is 31.7 Å². The molecule has 1 aromatic carbocycles. The Balaban J connectivity index is 1.28. The molecule has 1 aromatic rings. The van der Waals surface area contributed by atoms with Crippen molar-refractivity contribution in [2.75, 3.05) is 26.7 Å². The number of likely N-dealkylation sites (tertiary alicyclic amines) is 2. The van der Waals surface area contributed by atoms with Crippen LogP contribution in [-0.4, -0.2) is 60.6 Å². The van der Waals surface area contributed by atoms with Crippen molar-refractivity contribution in [2.24, 2.45) is 5.92 Å². The molecule has 1 amide bonds. The Morgan fingerprint density at radius 2 is 1.79 bits per heavy atom. The molecular formula is C24H34N2O3. The van der Waals surface area contributed by atoms with E-state index < -0.39 is 0 Å². The zero-order chi connectivity index (χ0) is 19.8. The summed E-state index contributed by atoms with van der Waals surface area (Å²) in [5.41, 5.74) is 0.676. The van der Waals surface area contributed by atoms with E-state index in [9.17, 15) is 4.79 Å². The molecule has 0 radical (unpaired) electrons. The summed E-state index contributed by atoms with van der Waals surface area (Å²) in [5, 5.41) is 0. The Hall–Kier alpha value is -1.75. The van der Waals surface area contributed by atoms with Crippen molar-refractivity contribution in [3.8, 4) is 11.5 Å². The second kappa shape index (κ2) is 8.17. The van der Waals surface area contributed by atoms with Gasteiger partial charge in [0.1, 0.15) is 17.6 Å². The van der Waals surface area contributed by atoms with Crippen molar-refractivity contribution in [2.45, 2.75) is 76.0 Å². The molecular weight excluding hydrogens is 364 g/mol. The van der Waals surface area contributed by atoms with E-state index in [1.807, 2.05) is 18.2 Å². The average molecular weight is 399 g/mol. The number of fused-ring (bicyclic) bond motifs is 2. The van der Waals surface area contributed by atoms with Crippen molar-refractivity contribution in [1.82, 2.24) is 9.80 Å². The molecule has 2 atom stereocenters. The Labute approximate surface area is 174 Å². The molecule has 0 N–H and O–H groups in total. The van der Waals surface area contributed by atoms with E-state index in [0.717, 1.165) is 56.4 Å². The highest BCUT2D eigenvalue weighted by molar-refractivity contribution is 5.97. The summed E-state index contributed by atoms with van der Waals surface area (Å²) in [7, 11) is 1.65. The molecule has 0 aromatic heterocycles. The molecule has 4 aliphatic rings. The van der Waals surface area contributed by atoms with Crippen LogP contribution in [0.25, 0.3) is 0 Å². The van der Waals surface area contributed by atoms with E-state index in [1.165, 1.54) is 38.5 Å². The Morgan fingerprint density at radius 3 is 2.45 bits per heavy atom. The lowest BCUT2D eigenvalue weighted by Gasteiger charge is -2.36. The molecule has 158 valence electrons. The van der Waals surface area contributed by atoms with Crippen LogP contribution >= 0.6 is 0 Å². The van der Waals surface area contributed by atoms with E-state index in [2.05, 4.69) is 9.80 Å². The summed E-state index contributed by atoms with van der Waals surface area (Å²) in [6.45, 7) is 3.13. The van der Waals surface area contributed by atoms with Crippen LogP contribution in [0.15, 0.2) is 18.2 Å². The molecule has 5 nitrogen and oxygen atoms in total. The summed E-state index contributed by atoms with van der Waals surface area (Å²) < 4.78 is 11.8. The standard InChI is InChI=1S/C24H34N2O3/c1-28-21-8-9-23(22(15-21)24(27)26-16-17-6-7-19(26)14-17)29-20-10-12-25(13-11-20)18-4-2-3-5-18/h8-9,15,17-20H,2-7,10-14,16H2,1H3/t17-,19-/m1/s1. The third-order valence-corrected chi connectivity index (χ3v) is 7.70. The SMILES string of the molecule is COc1ccc(OC2CCN(C3CCCC3)CC2)c(C(=O)N2C[C@@H]3CC[C@@H]2C3)c1. The molecule has 5 heteroatoms. The van der Waals surface area contributed by atoms with Gasteiger partial charge in [-0.25, -0.2) is 0 Å². The van der Waals surface area contributed by atoms with Gasteiger partial charge in [-0.05, 0) is 69.1 Å². The lowest BCUT2D eigenvalue weighted by atomic mass is 10.0. The van der Waals surface area contributed by atoms with E-state index >= 15 is 0 Å². The van der Waals surface area contributed by atoms with Crippen LogP contribution in [0.5, 0.6) is 11.5 Å². The maximum Gasteiger partial charge on any atom is 0.258 e. The molecule has 2 aliphatic carbocycles. The first-order chi connectivity index (χ1) is 14.2. The summed E-state index contributed by atoms with van der Waals surface area (Å²) in [5.74, 6) is 2.27. The van der Waals surface area contributed by atoms with Gasteiger partial charge >= 0.3 is 0 Å². The molecule has 5 rings (SSSR count). The van der Waals surface area contributed by atoms with Crippen LogP contribution in [0.2, 0.25) is 0 Å². The number of rotatable bonds is 5. The van der Waals surface area contributed by atoms with Gasteiger partial charge in [0.2, 0.25) is 0 Å². The van der Waals surface area contributed by atoms with Crippen LogP contribution in [0.3, 0.4) is 0 Å². The number of hydrogen-bond donors (Lipinski definition) is 0. The van der Waals surface area contributed by atoms with Gasteiger partial charge in [-0.3, -0.25) is 4.79 Å². The molecule has 0 spiro atoms. The van der Waals surface area contributed by atoms with Gasteiger partial charge in [-0.15, -0.1) is 0 Å². The van der Waals surface area contributed by atoms with Crippen molar-refractivity contribution < 1.29 is 14.3 Å². The van der Waals surface area contributed by atoms with Gasteiger partial charge < -0.3 is 19.3 Å². The lowest BCUT2D eigenvalue weighted by molar-refractivity contribution is 0.0660. The maximum absolute atomic E-state index is 13.4. The number of ether oxygens (including phenoxy) is 2. The molecule has 0 unspecified atom stereocenters. The summed E-state index contributed by atoms with van der Waals surface area (Å²) >= 11 is 0. The zero-order valence-electron chi connectivity index (χ0n) is 17.6. The third kappa shape index (κ3) is 3.86. The van der Waals surface area contributed by atoms with E-state index in [0.29, 0.717) is 17.5 Å². The summed E-state index contributed by atoms with van der Waals surface area (Å²) in [6, 6.07) is 6.93. The summed E-state index contributed by atoms with van der Waals surface area (Å²) in [6.07, 6.45) is 11.4. The molecule has 29 heavy (non-hydrogen) atoms. The van der Waals surface area contributed by atoms with Crippen molar-refractivity contribution >= 4 is 5.91 Å². The van der Waals surface area contributed by atoms with Gasteiger partial charge in [0.15, 0.2) is 0 Å². The molecule has 2 saturated carbocycles. The Kier molecular flexibility index (Phi) is 5.42. The second-order valence-electron chi connectivity index (χ2n) is 9.44. The zero-order valence-corrected chi connectivity index (χ0v) is 17.6. The number of benzene rings is 1. The molecule has 2 bridgehead atoms. The highest BCUT2D eigenvalue weighted by atomic mass is 16.5. The maximum atomic E-state index is 13.4. The smallest absolute Gasteiger partial charge is 0.258 e. The van der Waals surface area contributed by atoms with Crippen LogP contribution in [0.4, 0.5) is 0 Å². The highest BCUT2D eigenvalue weighted by Crippen LogP contribution is 2.39. The van der Waals surface area contributed by atoms with Gasteiger partial charge in [-0.2, -0.15) is 0 Å². The minimum Gasteiger partial charge on any atom is -0.497 e. The monoisotopic (exact) mass is 398 g/mol. The quantitative estimate of drug-likeness (QED) is 0.749. The fourth-order valence-corrected chi connectivity index (χ4v) is 6.04. The number of piperidine rings is 2. The Morgan fingerprint density at radius 1 is 1.00 bits per heavy atom. The first-order valence-corrected chi connectivity index (χ1v) is 11.6. The van der Waals surface area contributed by atoms with Crippen LogP contribution in [0, 0.1) is 5.92 Å². The minimum atomic E-state index is 0.120. The third-order valence-electron chi connectivity index (χ3n) is 7.70. The largest absolute Gasteiger partial charge is 0.497 e. The average Bonchev–Trinajstić information content (AvgIpc) is 3.52. The highest BCUT2D eigenvalue weighted by Gasteiger charge is 2.41. The lowest BCUT2D eigenvalue weighted by Crippen LogP contribution is -2.43. The number of methoxy groups -OCH3 is 1. The number of carbonyl (C=O) groups is 1. The molecule has 2 heterocycles. The van der Waals surface area contributed by atoms with E-state index in [1.54, 1.807) is 7.11 Å². The Bertz CT molecular complexity index is 738. The predicted octanol–water partition coefficient (Wildman–Crippen LogP) is 4.11. The van der Waals surface area contributed by atoms with E-state index in [4.69, 9.17) is 9.47 Å². The number of carbonyl (C=O) groups excluding carboxylic acids is 1. The van der Waals surface area contributed by atoms with Crippen LogP contribution in [0.1, 0.15) is 68.1 Å². The normalized spacial score (nSPS) is 28.2. The summed E-state index contributed by atoms with van der Waals surface area (Å²) in [4.78, 5) is 18.1. The van der Waals surface area contributed by atoms with Gasteiger partial charge in [0.05, 0.1) is 12.7 Å². The number of nitrogens with zero attached hydrogens (tertiary/aromatic N) is 2. The van der Waals surface area contributed by atoms with E-state index in [-0.39, 0.29) is 12.0 Å². The first-order valence-electron chi connectivity index (χ1n) is 11.6. The topological polar surface area (TPSA) is 42.0 Å². The fraction of sp³-hybridized carbons (Fsp3) is 0.708. The molecule has 4 fully saturated rings. The van der Waals surface area contributed by atoms with Crippen molar-refractivity contribution in [3.05, 3.63) is 23.8 Å². The van der Waals surface area contributed by atoms with Crippen molar-refractivity contribution in [1.29, 1.82) is 0 Å².